The Morgan fingerprint density at radius 2 is 1.73 bits per heavy atom. The minimum absolute atomic E-state index is 0.350. The van der Waals surface area contributed by atoms with Gasteiger partial charge in [-0.25, -0.2) is 9.67 Å². The molecule has 2 aromatic carbocycles. The summed E-state index contributed by atoms with van der Waals surface area (Å²) < 4.78 is 1.65. The summed E-state index contributed by atoms with van der Waals surface area (Å²) in [7, 11) is 0. The van der Waals surface area contributed by atoms with Gasteiger partial charge in [-0.15, -0.1) is 0 Å². The van der Waals surface area contributed by atoms with Gasteiger partial charge in [0.25, 0.3) is 0 Å². The molecule has 0 spiro atoms. The lowest BCUT2D eigenvalue weighted by Crippen LogP contribution is -2.15. The number of nitrogen functional groups attached to an aromatic ring is 1. The molecular weight excluding hydrogens is 274 g/mol. The Bertz CT molecular complexity index is 801. The van der Waals surface area contributed by atoms with E-state index < -0.39 is 0 Å². The van der Waals surface area contributed by atoms with Gasteiger partial charge >= 0.3 is 0 Å². The van der Waals surface area contributed by atoms with E-state index in [1.165, 1.54) is 5.56 Å². The molecule has 110 valence electrons. The summed E-state index contributed by atoms with van der Waals surface area (Å²) in [6.45, 7) is 2.03. The largest absolute Gasteiger partial charge is 0.383 e. The highest BCUT2D eigenvalue weighted by molar-refractivity contribution is 6.02. The van der Waals surface area contributed by atoms with E-state index in [4.69, 9.17) is 11.5 Å². The van der Waals surface area contributed by atoms with Crippen molar-refractivity contribution in [2.75, 3.05) is 5.73 Å². The smallest absolute Gasteiger partial charge is 0.138 e. The summed E-state index contributed by atoms with van der Waals surface area (Å²) >= 11 is 0. The Balaban J connectivity index is 1.95. The summed E-state index contributed by atoms with van der Waals surface area (Å²) in [6.07, 6.45) is 1.63. The van der Waals surface area contributed by atoms with Crippen LogP contribution in [0.1, 0.15) is 11.1 Å². The zero-order chi connectivity index (χ0) is 15.5. The first-order chi connectivity index (χ1) is 10.6. The predicted octanol–water partition coefficient (Wildman–Crippen LogP) is 2.80. The number of rotatable bonds is 3. The highest BCUT2D eigenvalue weighted by Crippen LogP contribution is 2.19. The molecule has 0 saturated heterocycles. The van der Waals surface area contributed by atoms with Crippen molar-refractivity contribution in [3.63, 3.8) is 0 Å². The maximum absolute atomic E-state index is 6.15. The second-order valence-electron chi connectivity index (χ2n) is 5.02. The third-order valence-electron chi connectivity index (χ3n) is 3.37. The van der Waals surface area contributed by atoms with Gasteiger partial charge in [-0.2, -0.15) is 5.10 Å². The molecule has 0 unspecified atom stereocenters. The maximum Gasteiger partial charge on any atom is 0.138 e. The van der Waals surface area contributed by atoms with Crippen molar-refractivity contribution in [3.8, 4) is 5.69 Å². The number of amidine groups is 1. The van der Waals surface area contributed by atoms with Gasteiger partial charge in [0.1, 0.15) is 11.7 Å². The molecule has 1 heterocycles. The first kappa shape index (κ1) is 13.9. The molecule has 0 aliphatic heterocycles. The molecule has 0 amide bonds. The van der Waals surface area contributed by atoms with Crippen LogP contribution in [-0.2, 0) is 0 Å². The highest BCUT2D eigenvalue weighted by Gasteiger charge is 2.12. The van der Waals surface area contributed by atoms with E-state index in [1.807, 2.05) is 61.5 Å². The minimum Gasteiger partial charge on any atom is -0.383 e. The Labute approximate surface area is 128 Å². The summed E-state index contributed by atoms with van der Waals surface area (Å²) in [5.41, 5.74) is 15.7. The van der Waals surface area contributed by atoms with Crippen LogP contribution in [0.4, 0.5) is 11.5 Å². The number of hydrogen-bond acceptors (Lipinski definition) is 3. The number of benzene rings is 2. The summed E-state index contributed by atoms with van der Waals surface area (Å²) in [5, 5.41) is 4.29. The molecule has 4 N–H and O–H groups in total. The zero-order valence-corrected chi connectivity index (χ0v) is 12.3. The third kappa shape index (κ3) is 2.69. The number of anilines is 1. The van der Waals surface area contributed by atoms with E-state index in [1.54, 1.807) is 10.9 Å². The van der Waals surface area contributed by atoms with E-state index >= 15 is 0 Å². The van der Waals surface area contributed by atoms with Crippen LogP contribution in [0, 0.1) is 6.92 Å². The zero-order valence-electron chi connectivity index (χ0n) is 12.3. The quantitative estimate of drug-likeness (QED) is 0.575. The molecule has 3 aromatic rings. The average Bonchev–Trinajstić information content (AvgIpc) is 2.92. The predicted molar refractivity (Wildman–Crippen MR) is 89.5 cm³/mol. The van der Waals surface area contributed by atoms with Gasteiger partial charge in [-0.3, -0.25) is 0 Å². The van der Waals surface area contributed by atoms with Crippen LogP contribution in [0.25, 0.3) is 5.69 Å². The fraction of sp³-hybridized carbons (Fsp3) is 0.0588. The van der Waals surface area contributed by atoms with E-state index in [0.717, 1.165) is 11.4 Å². The van der Waals surface area contributed by atoms with Crippen molar-refractivity contribution in [2.24, 2.45) is 10.7 Å². The normalized spacial score (nSPS) is 11.6. The summed E-state index contributed by atoms with van der Waals surface area (Å²) in [4.78, 5) is 4.40. The Kier molecular flexibility index (Phi) is 3.62. The second kappa shape index (κ2) is 5.73. The number of nitrogens with two attached hydrogens (primary N) is 2. The first-order valence-corrected chi connectivity index (χ1v) is 6.95. The lowest BCUT2D eigenvalue weighted by Gasteiger charge is -2.05. The average molecular weight is 291 g/mol. The van der Waals surface area contributed by atoms with Gasteiger partial charge in [0, 0.05) is 0 Å². The van der Waals surface area contributed by atoms with Gasteiger partial charge in [0.2, 0.25) is 0 Å². The van der Waals surface area contributed by atoms with Gasteiger partial charge in [0.15, 0.2) is 0 Å². The van der Waals surface area contributed by atoms with Crippen LogP contribution in [0.5, 0.6) is 0 Å². The summed E-state index contributed by atoms with van der Waals surface area (Å²) in [6, 6.07) is 17.5. The van der Waals surface area contributed by atoms with Crippen molar-refractivity contribution in [3.05, 3.63) is 71.9 Å². The molecule has 22 heavy (non-hydrogen) atoms. The van der Waals surface area contributed by atoms with Crippen molar-refractivity contribution in [2.45, 2.75) is 6.92 Å². The maximum atomic E-state index is 6.15. The molecular formula is C17H17N5. The van der Waals surface area contributed by atoms with Crippen LogP contribution < -0.4 is 11.5 Å². The number of aromatic nitrogens is 2. The standard InChI is InChI=1S/C17H17N5/c1-12-7-9-13(10-8-12)21-16(18)15-11-20-22(17(15)19)14-5-3-2-4-6-14/h2-11H,19H2,1H3,(H2,18,21). The topological polar surface area (TPSA) is 82.2 Å². The van der Waals surface area contributed by atoms with Crippen LogP contribution in [-0.4, -0.2) is 15.6 Å². The molecule has 0 aliphatic carbocycles. The number of aryl methyl sites for hydroxylation is 1. The molecule has 1 aromatic heterocycles. The van der Waals surface area contributed by atoms with Crippen molar-refractivity contribution < 1.29 is 0 Å². The van der Waals surface area contributed by atoms with E-state index in [2.05, 4.69) is 10.1 Å². The number of nitrogens with zero attached hydrogens (tertiary/aromatic N) is 3. The second-order valence-corrected chi connectivity index (χ2v) is 5.02. The molecule has 0 aliphatic rings. The van der Waals surface area contributed by atoms with E-state index in [-0.39, 0.29) is 0 Å². The fourth-order valence-corrected chi connectivity index (χ4v) is 2.15. The Morgan fingerprint density at radius 3 is 2.41 bits per heavy atom. The summed E-state index contributed by atoms with van der Waals surface area (Å²) in [5.74, 6) is 0.822. The number of aliphatic imine (C=N–C) groups is 1. The van der Waals surface area contributed by atoms with Gasteiger partial charge in [0.05, 0.1) is 23.1 Å². The molecule has 0 fully saturated rings. The van der Waals surface area contributed by atoms with Crippen molar-refractivity contribution in [1.82, 2.24) is 9.78 Å². The van der Waals surface area contributed by atoms with E-state index in [0.29, 0.717) is 17.2 Å². The molecule has 5 nitrogen and oxygen atoms in total. The SMILES string of the molecule is Cc1ccc(N=C(N)c2cnn(-c3ccccc3)c2N)cc1. The van der Waals surface area contributed by atoms with Gasteiger partial charge in [-0.05, 0) is 31.2 Å². The minimum atomic E-state index is 0.350. The van der Waals surface area contributed by atoms with Crippen molar-refractivity contribution >= 4 is 17.3 Å². The molecule has 3 rings (SSSR count). The molecule has 0 saturated carbocycles. The molecule has 0 atom stereocenters. The monoisotopic (exact) mass is 291 g/mol. The first-order valence-electron chi connectivity index (χ1n) is 6.95. The number of hydrogen-bond donors (Lipinski definition) is 2. The highest BCUT2D eigenvalue weighted by atomic mass is 15.3. The van der Waals surface area contributed by atoms with Crippen molar-refractivity contribution in [1.29, 1.82) is 0 Å². The Hall–Kier alpha value is -3.08. The fourth-order valence-electron chi connectivity index (χ4n) is 2.15. The van der Waals surface area contributed by atoms with Crippen LogP contribution in [0.3, 0.4) is 0 Å². The Morgan fingerprint density at radius 1 is 1.05 bits per heavy atom. The molecule has 0 radical (unpaired) electrons. The third-order valence-corrected chi connectivity index (χ3v) is 3.37. The van der Waals surface area contributed by atoms with Crippen LogP contribution in [0.15, 0.2) is 65.8 Å². The lowest BCUT2D eigenvalue weighted by atomic mass is 10.2. The molecule has 0 bridgehead atoms. The van der Waals surface area contributed by atoms with Gasteiger partial charge in [-0.1, -0.05) is 35.9 Å². The van der Waals surface area contributed by atoms with Crippen LogP contribution in [0.2, 0.25) is 0 Å². The van der Waals surface area contributed by atoms with E-state index in [9.17, 15) is 0 Å². The van der Waals surface area contributed by atoms with Gasteiger partial charge < -0.3 is 11.5 Å². The van der Waals surface area contributed by atoms with Crippen LogP contribution >= 0.6 is 0 Å². The molecule has 5 heteroatoms. The number of para-hydroxylation sites is 1. The lowest BCUT2D eigenvalue weighted by molar-refractivity contribution is 0.891.